The smallest absolute Gasteiger partial charge is 0.251 e. The Labute approximate surface area is 175 Å². The van der Waals surface area contributed by atoms with E-state index in [0.29, 0.717) is 12.3 Å². The average Bonchev–Trinajstić information content (AvgIpc) is 3.23. The topological polar surface area (TPSA) is 80.3 Å². The summed E-state index contributed by atoms with van der Waals surface area (Å²) in [5, 5.41) is 0. The fourth-order valence-electron chi connectivity index (χ4n) is 3.88. The number of hydrogen-bond donors (Lipinski definition) is 1. The van der Waals surface area contributed by atoms with Crippen molar-refractivity contribution < 1.29 is 9.47 Å². The summed E-state index contributed by atoms with van der Waals surface area (Å²) in [6, 6.07) is 11.3. The highest BCUT2D eigenvalue weighted by molar-refractivity contribution is 5.57. The second-order valence-corrected chi connectivity index (χ2v) is 7.40. The third kappa shape index (κ3) is 4.52. The molecular formula is C23H26N4O3. The summed E-state index contributed by atoms with van der Waals surface area (Å²) < 4.78 is 11.1. The third-order valence-corrected chi connectivity index (χ3v) is 5.31. The predicted molar refractivity (Wildman–Crippen MR) is 115 cm³/mol. The molecule has 0 unspecified atom stereocenters. The molecule has 3 heterocycles. The van der Waals surface area contributed by atoms with E-state index in [0.717, 1.165) is 48.9 Å². The Morgan fingerprint density at radius 2 is 2.13 bits per heavy atom. The first-order valence-corrected chi connectivity index (χ1v) is 10.2. The molecule has 1 N–H and O–H groups in total. The molecule has 1 aliphatic heterocycles. The van der Waals surface area contributed by atoms with Crippen LogP contribution in [0.5, 0.6) is 11.5 Å². The normalized spacial score (nSPS) is 16.5. The van der Waals surface area contributed by atoms with Gasteiger partial charge in [-0.25, -0.2) is 4.98 Å². The Kier molecular flexibility index (Phi) is 6.09. The van der Waals surface area contributed by atoms with E-state index < -0.39 is 0 Å². The molecule has 1 atom stereocenters. The van der Waals surface area contributed by atoms with Gasteiger partial charge >= 0.3 is 0 Å². The van der Waals surface area contributed by atoms with Gasteiger partial charge in [-0.1, -0.05) is 6.07 Å². The van der Waals surface area contributed by atoms with Crippen molar-refractivity contribution in [2.45, 2.75) is 25.8 Å². The Morgan fingerprint density at radius 1 is 1.23 bits per heavy atom. The van der Waals surface area contributed by atoms with Crippen LogP contribution in [0.25, 0.3) is 11.3 Å². The van der Waals surface area contributed by atoms with Gasteiger partial charge in [0, 0.05) is 43.0 Å². The summed E-state index contributed by atoms with van der Waals surface area (Å²) in [5.74, 6) is 2.45. The van der Waals surface area contributed by atoms with Crippen LogP contribution in [0.4, 0.5) is 0 Å². The van der Waals surface area contributed by atoms with Crippen molar-refractivity contribution in [1.29, 1.82) is 0 Å². The van der Waals surface area contributed by atoms with Crippen molar-refractivity contribution in [2.75, 3.05) is 26.8 Å². The molecule has 1 saturated heterocycles. The number of ether oxygens (including phenoxy) is 2. The Morgan fingerprint density at radius 3 is 2.90 bits per heavy atom. The SMILES string of the molecule is CCOc1cc(CN2CC[C@@H](c3nc(-c4cccnc4)cc(=O)[nH]3)C2)ccc1OC. The predicted octanol–water partition coefficient (Wildman–Crippen LogP) is 3.23. The molecule has 0 radical (unpaired) electrons. The minimum absolute atomic E-state index is 0.131. The van der Waals surface area contributed by atoms with Gasteiger partial charge in [-0.2, -0.15) is 0 Å². The summed E-state index contributed by atoms with van der Waals surface area (Å²) >= 11 is 0. The van der Waals surface area contributed by atoms with Crippen LogP contribution < -0.4 is 15.0 Å². The van der Waals surface area contributed by atoms with Gasteiger partial charge in [-0.15, -0.1) is 0 Å². The Bertz CT molecular complexity index is 1050. The highest BCUT2D eigenvalue weighted by Crippen LogP contribution is 2.31. The maximum Gasteiger partial charge on any atom is 0.251 e. The molecule has 1 aromatic carbocycles. The van der Waals surface area contributed by atoms with E-state index in [9.17, 15) is 4.79 Å². The number of pyridine rings is 1. The van der Waals surface area contributed by atoms with Crippen molar-refractivity contribution in [1.82, 2.24) is 19.9 Å². The summed E-state index contributed by atoms with van der Waals surface area (Å²) in [7, 11) is 1.65. The van der Waals surface area contributed by atoms with Gasteiger partial charge in [0.15, 0.2) is 11.5 Å². The van der Waals surface area contributed by atoms with Crippen LogP contribution in [0.2, 0.25) is 0 Å². The minimum Gasteiger partial charge on any atom is -0.493 e. The van der Waals surface area contributed by atoms with Crippen molar-refractivity contribution in [3.8, 4) is 22.8 Å². The second kappa shape index (κ2) is 9.09. The van der Waals surface area contributed by atoms with E-state index in [1.807, 2.05) is 31.2 Å². The number of aromatic nitrogens is 3. The van der Waals surface area contributed by atoms with Gasteiger partial charge in [0.2, 0.25) is 0 Å². The maximum atomic E-state index is 12.2. The average molecular weight is 406 g/mol. The summed E-state index contributed by atoms with van der Waals surface area (Å²) in [5.41, 5.74) is 2.55. The molecule has 2 aromatic heterocycles. The van der Waals surface area contributed by atoms with Crippen LogP contribution in [0.3, 0.4) is 0 Å². The largest absolute Gasteiger partial charge is 0.493 e. The summed E-state index contributed by atoms with van der Waals surface area (Å²) in [4.78, 5) is 26.4. The summed E-state index contributed by atoms with van der Waals surface area (Å²) in [6.07, 6.45) is 4.39. The maximum absolute atomic E-state index is 12.2. The zero-order valence-electron chi connectivity index (χ0n) is 17.3. The van der Waals surface area contributed by atoms with Crippen LogP contribution in [-0.2, 0) is 6.54 Å². The molecule has 0 aliphatic carbocycles. The lowest BCUT2D eigenvalue weighted by Gasteiger charge is -2.17. The van der Waals surface area contributed by atoms with Gasteiger partial charge in [-0.05, 0) is 49.7 Å². The summed E-state index contributed by atoms with van der Waals surface area (Å²) in [6.45, 7) is 5.16. The molecule has 30 heavy (non-hydrogen) atoms. The van der Waals surface area contributed by atoms with Gasteiger partial charge in [0.05, 0.1) is 19.4 Å². The van der Waals surface area contributed by atoms with Crippen LogP contribution in [0, 0.1) is 0 Å². The fourth-order valence-corrected chi connectivity index (χ4v) is 3.88. The van der Waals surface area contributed by atoms with Gasteiger partial charge in [0.1, 0.15) is 5.82 Å². The second-order valence-electron chi connectivity index (χ2n) is 7.40. The van der Waals surface area contributed by atoms with Gasteiger partial charge in [0.25, 0.3) is 5.56 Å². The molecule has 0 saturated carbocycles. The number of nitrogens with zero attached hydrogens (tertiary/aromatic N) is 3. The van der Waals surface area contributed by atoms with Crippen molar-refractivity contribution >= 4 is 0 Å². The van der Waals surface area contributed by atoms with Crippen LogP contribution in [-0.4, -0.2) is 46.7 Å². The number of hydrogen-bond acceptors (Lipinski definition) is 6. The molecule has 4 rings (SSSR count). The number of methoxy groups -OCH3 is 1. The highest BCUT2D eigenvalue weighted by atomic mass is 16.5. The van der Waals surface area contributed by atoms with Crippen LogP contribution in [0.15, 0.2) is 53.6 Å². The molecule has 1 aliphatic rings. The van der Waals surface area contributed by atoms with E-state index in [4.69, 9.17) is 14.5 Å². The van der Waals surface area contributed by atoms with Crippen molar-refractivity contribution in [3.05, 3.63) is 70.5 Å². The highest BCUT2D eigenvalue weighted by Gasteiger charge is 2.26. The standard InChI is InChI=1S/C23H26N4O3/c1-3-30-21-11-16(6-7-20(21)29-2)14-27-10-8-18(15-27)23-25-19(12-22(28)26-23)17-5-4-9-24-13-17/h4-7,9,11-13,18H,3,8,10,14-15H2,1-2H3,(H,25,26,28)/t18-/m1/s1. The Balaban J connectivity index is 1.48. The number of rotatable bonds is 7. The zero-order chi connectivity index (χ0) is 20.9. The fraction of sp³-hybridized carbons (Fsp3) is 0.348. The molecule has 1 fully saturated rings. The van der Waals surface area contributed by atoms with Crippen molar-refractivity contribution in [2.24, 2.45) is 0 Å². The molecule has 7 nitrogen and oxygen atoms in total. The van der Waals surface area contributed by atoms with Gasteiger partial charge < -0.3 is 14.5 Å². The number of benzene rings is 1. The number of nitrogens with one attached hydrogen (secondary N) is 1. The van der Waals surface area contributed by atoms with Crippen LogP contribution >= 0.6 is 0 Å². The first kappa shape index (κ1) is 20.1. The van der Waals surface area contributed by atoms with E-state index in [2.05, 4.69) is 20.9 Å². The van der Waals surface area contributed by atoms with E-state index >= 15 is 0 Å². The quantitative estimate of drug-likeness (QED) is 0.649. The molecule has 0 amide bonds. The van der Waals surface area contributed by atoms with E-state index in [-0.39, 0.29) is 11.5 Å². The molecular weight excluding hydrogens is 380 g/mol. The number of likely N-dealkylation sites (tertiary alicyclic amines) is 1. The monoisotopic (exact) mass is 406 g/mol. The lowest BCUT2D eigenvalue weighted by molar-refractivity contribution is 0.305. The number of H-pyrrole nitrogens is 1. The first-order chi connectivity index (χ1) is 14.7. The van der Waals surface area contributed by atoms with E-state index in [1.165, 1.54) is 11.6 Å². The molecule has 0 bridgehead atoms. The molecule has 0 spiro atoms. The van der Waals surface area contributed by atoms with E-state index in [1.54, 1.807) is 19.5 Å². The van der Waals surface area contributed by atoms with Gasteiger partial charge in [-0.3, -0.25) is 14.7 Å². The molecule has 3 aromatic rings. The van der Waals surface area contributed by atoms with Crippen molar-refractivity contribution in [3.63, 3.8) is 0 Å². The lowest BCUT2D eigenvalue weighted by atomic mass is 10.1. The first-order valence-electron chi connectivity index (χ1n) is 10.2. The molecule has 7 heteroatoms. The Hall–Kier alpha value is -3.19. The lowest BCUT2D eigenvalue weighted by Crippen LogP contribution is -2.21. The number of aromatic amines is 1. The third-order valence-electron chi connectivity index (χ3n) is 5.31. The molecule has 156 valence electrons. The van der Waals surface area contributed by atoms with Crippen LogP contribution in [0.1, 0.15) is 30.7 Å². The minimum atomic E-state index is -0.131. The zero-order valence-corrected chi connectivity index (χ0v) is 17.3.